The maximum atomic E-state index is 12.7. The molecule has 2 heterocycles. The zero-order chi connectivity index (χ0) is 19.8. The molecule has 3 rings (SSSR count). The Bertz CT molecular complexity index is 966. The number of carbonyl (C=O) groups excluding carboxylic acids is 1. The third-order valence-corrected chi connectivity index (χ3v) is 7.12. The van der Waals surface area contributed by atoms with Crippen molar-refractivity contribution in [2.45, 2.75) is 30.7 Å². The summed E-state index contributed by atoms with van der Waals surface area (Å²) < 4.78 is 28.4. The predicted octanol–water partition coefficient (Wildman–Crippen LogP) is 3.61. The molecule has 0 saturated carbocycles. The van der Waals surface area contributed by atoms with Gasteiger partial charge in [0.1, 0.15) is 10.6 Å². The Balaban J connectivity index is 1.80. The molecule has 1 amide bonds. The first kappa shape index (κ1) is 20.2. The van der Waals surface area contributed by atoms with Crippen LogP contribution in [0.15, 0.2) is 35.4 Å². The number of carbonyl (C=O) groups is 1. The van der Waals surface area contributed by atoms with Crippen molar-refractivity contribution in [3.63, 3.8) is 0 Å². The molecule has 1 atom stereocenters. The van der Waals surface area contributed by atoms with Gasteiger partial charge < -0.3 is 9.88 Å². The Morgan fingerprint density at radius 1 is 1.19 bits per heavy atom. The number of hydrogen-bond acceptors (Lipinski definition) is 3. The zero-order valence-corrected chi connectivity index (χ0v) is 17.4. The molecular weight excluding hydrogens is 409 g/mol. The molecule has 0 unspecified atom stereocenters. The van der Waals surface area contributed by atoms with E-state index in [9.17, 15) is 13.2 Å². The summed E-state index contributed by atoms with van der Waals surface area (Å²) >= 11 is 12.1. The SMILES string of the molecule is C[C@@H](NC(=O)c1cc(S(=O)(=O)N2CCCC2)cn1C)c1ccc(Cl)cc1Cl. The second kappa shape index (κ2) is 7.83. The summed E-state index contributed by atoms with van der Waals surface area (Å²) in [5.41, 5.74) is 0.998. The summed E-state index contributed by atoms with van der Waals surface area (Å²) in [6.45, 7) is 2.84. The molecule has 1 N–H and O–H groups in total. The van der Waals surface area contributed by atoms with Crippen LogP contribution in [0.4, 0.5) is 0 Å². The first-order chi connectivity index (χ1) is 12.7. The molecule has 1 aliphatic rings. The van der Waals surface area contributed by atoms with Gasteiger partial charge in [0.2, 0.25) is 10.0 Å². The number of hydrogen-bond donors (Lipinski definition) is 1. The van der Waals surface area contributed by atoms with E-state index in [4.69, 9.17) is 23.2 Å². The zero-order valence-electron chi connectivity index (χ0n) is 15.1. The minimum absolute atomic E-state index is 0.134. The number of benzene rings is 1. The minimum atomic E-state index is -3.57. The topological polar surface area (TPSA) is 71.4 Å². The molecule has 2 aromatic rings. The van der Waals surface area contributed by atoms with Crippen LogP contribution in [0.1, 0.15) is 41.9 Å². The monoisotopic (exact) mass is 429 g/mol. The van der Waals surface area contributed by atoms with Crippen molar-refractivity contribution in [3.05, 3.63) is 51.8 Å². The summed E-state index contributed by atoms with van der Waals surface area (Å²) in [5.74, 6) is -0.376. The largest absolute Gasteiger partial charge is 0.345 e. The summed E-state index contributed by atoms with van der Waals surface area (Å²) in [6.07, 6.45) is 3.19. The number of sulfonamides is 1. The van der Waals surface area contributed by atoms with Crippen LogP contribution in [0.2, 0.25) is 10.0 Å². The van der Waals surface area contributed by atoms with E-state index in [2.05, 4.69) is 5.32 Å². The van der Waals surface area contributed by atoms with E-state index in [0.29, 0.717) is 23.1 Å². The molecule has 6 nitrogen and oxygen atoms in total. The fraction of sp³-hybridized carbons (Fsp3) is 0.389. The van der Waals surface area contributed by atoms with Crippen molar-refractivity contribution >= 4 is 39.1 Å². The Morgan fingerprint density at radius 2 is 1.85 bits per heavy atom. The highest BCUT2D eigenvalue weighted by molar-refractivity contribution is 7.89. The van der Waals surface area contributed by atoms with Gasteiger partial charge in [-0.25, -0.2) is 8.42 Å². The maximum absolute atomic E-state index is 12.7. The van der Waals surface area contributed by atoms with Crippen LogP contribution in [0.25, 0.3) is 0 Å². The molecule has 146 valence electrons. The van der Waals surface area contributed by atoms with Crippen molar-refractivity contribution in [1.29, 1.82) is 0 Å². The van der Waals surface area contributed by atoms with Gasteiger partial charge in [-0.05, 0) is 43.5 Å². The van der Waals surface area contributed by atoms with Gasteiger partial charge >= 0.3 is 0 Å². The van der Waals surface area contributed by atoms with Crippen molar-refractivity contribution in [2.75, 3.05) is 13.1 Å². The number of halogens is 2. The van der Waals surface area contributed by atoms with Crippen LogP contribution in [0.5, 0.6) is 0 Å². The maximum Gasteiger partial charge on any atom is 0.268 e. The predicted molar refractivity (Wildman–Crippen MR) is 106 cm³/mol. The van der Waals surface area contributed by atoms with Crippen molar-refractivity contribution in [3.8, 4) is 0 Å². The van der Waals surface area contributed by atoms with Gasteiger partial charge in [0.05, 0.1) is 6.04 Å². The van der Waals surface area contributed by atoms with E-state index in [1.165, 1.54) is 21.1 Å². The molecule has 0 aliphatic carbocycles. The van der Waals surface area contributed by atoms with Gasteiger partial charge in [-0.3, -0.25) is 4.79 Å². The Labute approximate surface area is 169 Å². The fourth-order valence-corrected chi connectivity index (χ4v) is 5.34. The van der Waals surface area contributed by atoms with Crippen LogP contribution in [-0.4, -0.2) is 36.3 Å². The summed E-state index contributed by atoms with van der Waals surface area (Å²) in [5, 5.41) is 3.83. The van der Waals surface area contributed by atoms with Crippen LogP contribution >= 0.6 is 23.2 Å². The summed E-state index contributed by atoms with van der Waals surface area (Å²) in [7, 11) is -1.92. The number of aryl methyl sites for hydroxylation is 1. The molecule has 0 spiro atoms. The second-order valence-corrected chi connectivity index (χ2v) is 9.43. The third-order valence-electron chi connectivity index (χ3n) is 4.69. The normalized spacial score (nSPS) is 16.4. The lowest BCUT2D eigenvalue weighted by molar-refractivity contribution is 0.0931. The first-order valence-electron chi connectivity index (χ1n) is 8.62. The standard InChI is InChI=1S/C18H21Cl2N3O3S/c1-12(15-6-5-13(19)9-16(15)20)21-18(24)17-10-14(11-22(17)2)27(25,26)23-7-3-4-8-23/h5-6,9-12H,3-4,7-8H2,1-2H3,(H,21,24)/t12-/m1/s1. The number of aromatic nitrogens is 1. The van der Waals surface area contributed by atoms with E-state index in [-0.39, 0.29) is 22.5 Å². The van der Waals surface area contributed by atoms with Crippen LogP contribution in [-0.2, 0) is 17.1 Å². The molecule has 1 aromatic carbocycles. The number of nitrogens with one attached hydrogen (secondary N) is 1. The number of nitrogens with zero attached hydrogens (tertiary/aromatic N) is 2. The first-order valence-corrected chi connectivity index (χ1v) is 10.8. The van der Waals surface area contributed by atoms with Crippen LogP contribution < -0.4 is 5.32 Å². The lowest BCUT2D eigenvalue weighted by atomic mass is 10.1. The van der Waals surface area contributed by atoms with Gasteiger partial charge in [0, 0.05) is 36.4 Å². The quantitative estimate of drug-likeness (QED) is 0.788. The molecule has 9 heteroatoms. The molecule has 0 radical (unpaired) electrons. The third kappa shape index (κ3) is 4.16. The van der Waals surface area contributed by atoms with Crippen molar-refractivity contribution in [1.82, 2.24) is 14.2 Å². The number of rotatable bonds is 5. The van der Waals surface area contributed by atoms with E-state index in [1.54, 1.807) is 32.2 Å². The highest BCUT2D eigenvalue weighted by Crippen LogP contribution is 2.27. The van der Waals surface area contributed by atoms with Crippen molar-refractivity contribution < 1.29 is 13.2 Å². The summed E-state index contributed by atoms with van der Waals surface area (Å²) in [4.78, 5) is 12.8. The Hall–Kier alpha value is -1.54. The van der Waals surface area contributed by atoms with E-state index in [0.717, 1.165) is 18.4 Å². The lowest BCUT2D eigenvalue weighted by Crippen LogP contribution is -2.28. The van der Waals surface area contributed by atoms with Gasteiger partial charge in [0.25, 0.3) is 5.91 Å². The number of amides is 1. The smallest absolute Gasteiger partial charge is 0.268 e. The Kier molecular flexibility index (Phi) is 5.86. The van der Waals surface area contributed by atoms with Gasteiger partial charge in [-0.2, -0.15) is 4.31 Å². The molecule has 1 aliphatic heterocycles. The fourth-order valence-electron chi connectivity index (χ4n) is 3.18. The van der Waals surface area contributed by atoms with Gasteiger partial charge in [-0.15, -0.1) is 0 Å². The highest BCUT2D eigenvalue weighted by Gasteiger charge is 2.29. The lowest BCUT2D eigenvalue weighted by Gasteiger charge is -2.16. The minimum Gasteiger partial charge on any atom is -0.345 e. The molecule has 0 bridgehead atoms. The van der Waals surface area contributed by atoms with Crippen LogP contribution in [0.3, 0.4) is 0 Å². The molecular formula is C18H21Cl2N3O3S. The second-order valence-electron chi connectivity index (χ2n) is 6.64. The van der Waals surface area contributed by atoms with Gasteiger partial charge in [0.15, 0.2) is 0 Å². The van der Waals surface area contributed by atoms with Crippen LogP contribution in [0, 0.1) is 0 Å². The molecule has 27 heavy (non-hydrogen) atoms. The van der Waals surface area contributed by atoms with Gasteiger partial charge in [-0.1, -0.05) is 29.3 Å². The summed E-state index contributed by atoms with van der Waals surface area (Å²) in [6, 6.07) is 6.12. The van der Waals surface area contributed by atoms with E-state index < -0.39 is 10.0 Å². The average molecular weight is 430 g/mol. The molecule has 1 aromatic heterocycles. The van der Waals surface area contributed by atoms with Crippen molar-refractivity contribution in [2.24, 2.45) is 7.05 Å². The molecule has 1 saturated heterocycles. The average Bonchev–Trinajstić information content (AvgIpc) is 3.24. The highest BCUT2D eigenvalue weighted by atomic mass is 35.5. The van der Waals surface area contributed by atoms with E-state index in [1.807, 2.05) is 0 Å². The van der Waals surface area contributed by atoms with E-state index >= 15 is 0 Å². The molecule has 1 fully saturated rings. The Morgan fingerprint density at radius 3 is 2.48 bits per heavy atom.